The number of carboxylic acids is 1. The molecule has 0 aliphatic carbocycles. The lowest BCUT2D eigenvalue weighted by atomic mass is 10.1. The predicted molar refractivity (Wildman–Crippen MR) is 235 cm³/mol. The molecule has 5 atom stereocenters. The normalized spacial score (nSPS) is 17.7. The molecular formula is C46H78NO11P. The average Bonchev–Trinajstić information content (AvgIpc) is 3.97. The number of hydrogen-bond donors (Lipinski definition) is 3. The zero-order valence-corrected chi connectivity index (χ0v) is 37.2. The zero-order valence-electron chi connectivity index (χ0n) is 36.3. The average molecular weight is 852 g/mol. The highest BCUT2D eigenvalue weighted by Gasteiger charge is 2.36. The van der Waals surface area contributed by atoms with Gasteiger partial charge < -0.3 is 29.9 Å². The van der Waals surface area contributed by atoms with Crippen molar-refractivity contribution in [3.63, 3.8) is 0 Å². The van der Waals surface area contributed by atoms with Gasteiger partial charge >= 0.3 is 25.7 Å². The first-order valence-corrected chi connectivity index (χ1v) is 23.9. The number of carbonyl (C=O) groups excluding carboxylic acids is 2. The van der Waals surface area contributed by atoms with E-state index in [1.165, 1.54) is 51.4 Å². The molecular weight excluding hydrogens is 773 g/mol. The third-order valence-corrected chi connectivity index (χ3v) is 10.6. The van der Waals surface area contributed by atoms with Gasteiger partial charge in [-0.05, 0) is 83.5 Å². The highest BCUT2D eigenvalue weighted by molar-refractivity contribution is 7.47. The van der Waals surface area contributed by atoms with E-state index in [2.05, 4.69) is 79.1 Å². The van der Waals surface area contributed by atoms with E-state index < -0.39 is 51.1 Å². The molecule has 0 saturated carbocycles. The third kappa shape index (κ3) is 34.5. The van der Waals surface area contributed by atoms with Crippen LogP contribution >= 0.6 is 7.82 Å². The minimum absolute atomic E-state index is 0.115. The van der Waals surface area contributed by atoms with Gasteiger partial charge in [-0.3, -0.25) is 23.4 Å². The number of allylic oxidation sites excluding steroid dienone is 9. The first-order valence-electron chi connectivity index (χ1n) is 22.4. The van der Waals surface area contributed by atoms with Crippen LogP contribution in [-0.2, 0) is 42.2 Å². The third-order valence-electron chi connectivity index (χ3n) is 9.66. The van der Waals surface area contributed by atoms with Crippen molar-refractivity contribution in [2.24, 2.45) is 5.73 Å². The second-order valence-electron chi connectivity index (χ2n) is 15.2. The Balaban J connectivity index is 2.31. The standard InChI is InChI=1S/C46H78NO11P/c1-3-5-7-8-9-10-11-12-13-14-15-16-17-18-19-20-25-28-32-36-45(49)57-40(38-55-59(52,53)56-39-41(47)46(50)51)37-54-44(48)35-31-27-24-22-21-23-26-30-34-43-42(58-43)33-29-6-4-2/h9-10,12-13,15-16,18-19,26,30,40-43H,3-8,11,14,17,20-25,27-29,31-39,47H2,1-2H3,(H,50,51)(H,52,53)/b10-9-,13-12-,16-15-,19-18-,30-26-/t40-,41+,42?,43?/m1/s1. The van der Waals surface area contributed by atoms with Gasteiger partial charge in [0.1, 0.15) is 12.6 Å². The molecule has 0 bridgehead atoms. The van der Waals surface area contributed by atoms with Gasteiger partial charge in [0.25, 0.3) is 0 Å². The van der Waals surface area contributed by atoms with E-state index in [0.29, 0.717) is 25.0 Å². The Bertz CT molecular complexity index is 1300. The molecule has 0 aromatic rings. The summed E-state index contributed by atoms with van der Waals surface area (Å²) in [5.41, 5.74) is 5.33. The Labute approximate surface area is 355 Å². The summed E-state index contributed by atoms with van der Waals surface area (Å²) in [5, 5.41) is 8.90. The van der Waals surface area contributed by atoms with Crippen molar-refractivity contribution in [1.29, 1.82) is 0 Å². The van der Waals surface area contributed by atoms with E-state index in [0.717, 1.165) is 77.0 Å². The number of esters is 2. The number of hydrogen-bond acceptors (Lipinski definition) is 10. The summed E-state index contributed by atoms with van der Waals surface area (Å²) in [6.45, 7) is 2.68. The SMILES string of the molecule is CCCCC/C=C\C/C=C\C/C=C\C/C=C\CCCCCC(=O)O[C@H](COC(=O)CCCCCCC/C=C\CC1OC1CCCCC)COP(=O)(O)OC[C@H](N)C(=O)O. The van der Waals surface area contributed by atoms with Crippen LogP contribution in [-0.4, -0.2) is 72.1 Å². The number of unbranched alkanes of at least 4 members (excludes halogenated alkanes) is 13. The minimum Gasteiger partial charge on any atom is -0.480 e. The highest BCUT2D eigenvalue weighted by Crippen LogP contribution is 2.43. The topological polar surface area (TPSA) is 184 Å². The molecule has 1 saturated heterocycles. The summed E-state index contributed by atoms with van der Waals surface area (Å²) in [5.74, 6) is -2.45. The van der Waals surface area contributed by atoms with Gasteiger partial charge in [0.15, 0.2) is 6.10 Å². The lowest BCUT2D eigenvalue weighted by molar-refractivity contribution is -0.161. The quantitative estimate of drug-likeness (QED) is 0.0174. The van der Waals surface area contributed by atoms with Crippen LogP contribution in [0.5, 0.6) is 0 Å². The summed E-state index contributed by atoms with van der Waals surface area (Å²) in [4.78, 5) is 46.0. The van der Waals surface area contributed by atoms with Gasteiger partial charge in [-0.2, -0.15) is 0 Å². The van der Waals surface area contributed by atoms with Crippen LogP contribution in [0.1, 0.15) is 168 Å². The van der Waals surface area contributed by atoms with Crippen molar-refractivity contribution in [1.82, 2.24) is 0 Å². The van der Waals surface area contributed by atoms with Crippen LogP contribution in [0.25, 0.3) is 0 Å². The predicted octanol–water partition coefficient (Wildman–Crippen LogP) is 10.9. The van der Waals surface area contributed by atoms with Crippen molar-refractivity contribution in [2.45, 2.75) is 192 Å². The molecule has 4 N–H and O–H groups in total. The van der Waals surface area contributed by atoms with E-state index in [1.54, 1.807) is 0 Å². The molecule has 0 aromatic heterocycles. The Morgan fingerprint density at radius 1 is 0.627 bits per heavy atom. The lowest BCUT2D eigenvalue weighted by Gasteiger charge is -2.20. The zero-order chi connectivity index (χ0) is 43.2. The Morgan fingerprint density at radius 2 is 1.12 bits per heavy atom. The van der Waals surface area contributed by atoms with Gasteiger partial charge in [-0.1, -0.05) is 132 Å². The molecule has 13 heteroatoms. The molecule has 1 aliphatic rings. The highest BCUT2D eigenvalue weighted by atomic mass is 31.2. The maximum Gasteiger partial charge on any atom is 0.472 e. The van der Waals surface area contributed by atoms with E-state index in [1.807, 2.05) is 0 Å². The number of carboxylic acid groups (broad SMARTS) is 1. The molecule has 12 nitrogen and oxygen atoms in total. The fraction of sp³-hybridized carbons (Fsp3) is 0.717. The van der Waals surface area contributed by atoms with Gasteiger partial charge in [0.05, 0.1) is 25.4 Å². The van der Waals surface area contributed by atoms with Crippen LogP contribution in [0, 0.1) is 0 Å². The molecule has 338 valence electrons. The second-order valence-corrected chi connectivity index (χ2v) is 16.7. The second kappa shape index (κ2) is 36.9. The summed E-state index contributed by atoms with van der Waals surface area (Å²) < 4.78 is 38.4. The van der Waals surface area contributed by atoms with Crippen molar-refractivity contribution in [3.05, 3.63) is 60.8 Å². The molecule has 1 aliphatic heterocycles. The molecule has 0 amide bonds. The summed E-state index contributed by atoms with van der Waals surface area (Å²) in [7, 11) is -4.74. The minimum atomic E-state index is -4.74. The molecule has 0 spiro atoms. The number of phosphoric acid groups is 1. The van der Waals surface area contributed by atoms with E-state index in [-0.39, 0.29) is 19.4 Å². The maximum atomic E-state index is 12.6. The molecule has 1 fully saturated rings. The van der Waals surface area contributed by atoms with Gasteiger partial charge in [0.2, 0.25) is 0 Å². The first-order chi connectivity index (χ1) is 28.6. The molecule has 0 radical (unpaired) electrons. The number of rotatable bonds is 40. The Morgan fingerprint density at radius 3 is 1.73 bits per heavy atom. The van der Waals surface area contributed by atoms with E-state index in [9.17, 15) is 23.8 Å². The Hall–Kier alpha value is -2.86. The van der Waals surface area contributed by atoms with E-state index in [4.69, 9.17) is 29.6 Å². The largest absolute Gasteiger partial charge is 0.480 e. The van der Waals surface area contributed by atoms with Crippen LogP contribution in [0.3, 0.4) is 0 Å². The van der Waals surface area contributed by atoms with Crippen LogP contribution in [0.15, 0.2) is 60.8 Å². The number of carbonyl (C=O) groups is 3. The fourth-order valence-electron chi connectivity index (χ4n) is 5.99. The fourth-order valence-corrected chi connectivity index (χ4v) is 6.77. The number of epoxide rings is 1. The van der Waals surface area contributed by atoms with Crippen LogP contribution < -0.4 is 5.73 Å². The van der Waals surface area contributed by atoms with Gasteiger partial charge in [-0.15, -0.1) is 0 Å². The first kappa shape index (κ1) is 54.2. The lowest BCUT2D eigenvalue weighted by Crippen LogP contribution is -2.34. The van der Waals surface area contributed by atoms with E-state index >= 15 is 0 Å². The van der Waals surface area contributed by atoms with Gasteiger partial charge in [-0.25, -0.2) is 4.57 Å². The number of ether oxygens (including phenoxy) is 3. The van der Waals surface area contributed by atoms with Crippen molar-refractivity contribution < 1.29 is 52.2 Å². The molecule has 0 aromatic carbocycles. The van der Waals surface area contributed by atoms with Gasteiger partial charge in [0, 0.05) is 12.8 Å². The number of aliphatic carboxylic acids is 1. The molecule has 59 heavy (non-hydrogen) atoms. The maximum absolute atomic E-state index is 12.6. The van der Waals surface area contributed by atoms with Crippen molar-refractivity contribution in [3.8, 4) is 0 Å². The molecule has 1 heterocycles. The van der Waals surface area contributed by atoms with Crippen molar-refractivity contribution >= 4 is 25.7 Å². The van der Waals surface area contributed by atoms with Crippen molar-refractivity contribution in [2.75, 3.05) is 19.8 Å². The Kier molecular flexibility index (Phi) is 33.9. The smallest absolute Gasteiger partial charge is 0.472 e. The number of phosphoric ester groups is 1. The monoisotopic (exact) mass is 852 g/mol. The van der Waals surface area contributed by atoms with Crippen LogP contribution in [0.4, 0.5) is 0 Å². The number of nitrogens with two attached hydrogens (primary N) is 1. The van der Waals surface area contributed by atoms with Crippen LogP contribution in [0.2, 0.25) is 0 Å². The molecule has 3 unspecified atom stereocenters. The summed E-state index contributed by atoms with van der Waals surface area (Å²) >= 11 is 0. The molecule has 1 rings (SSSR count). The summed E-state index contributed by atoms with van der Waals surface area (Å²) in [6.07, 6.45) is 44.5. The summed E-state index contributed by atoms with van der Waals surface area (Å²) in [6, 6.07) is -1.53.